The highest BCUT2D eigenvalue weighted by Gasteiger charge is 2.08. The van der Waals surface area contributed by atoms with E-state index in [2.05, 4.69) is 38.3 Å². The fourth-order valence-corrected chi connectivity index (χ4v) is 2.76. The molecular weight excluding hydrogens is 308 g/mol. The third-order valence-electron chi connectivity index (χ3n) is 4.05. The lowest BCUT2D eigenvalue weighted by Gasteiger charge is -2.10. The zero-order valence-corrected chi connectivity index (χ0v) is 13.7. The van der Waals surface area contributed by atoms with Gasteiger partial charge in [0.15, 0.2) is 0 Å². The lowest BCUT2D eigenvalue weighted by molar-refractivity contribution is 0.878. The molecule has 0 saturated carbocycles. The molecule has 0 aliphatic carbocycles. The van der Waals surface area contributed by atoms with Crippen molar-refractivity contribution in [1.29, 1.82) is 0 Å². The molecule has 122 valence electrons. The van der Waals surface area contributed by atoms with Crippen molar-refractivity contribution in [3.63, 3.8) is 0 Å². The molecule has 3 aromatic carbocycles. The number of fused-ring (bicyclic) bond motifs is 1. The number of hydrogen-bond donors (Lipinski definition) is 1. The normalized spacial score (nSPS) is 11.6. The van der Waals surface area contributed by atoms with Crippen LogP contribution in [0.4, 0.5) is 5.69 Å². The minimum atomic E-state index is 0.643. The Balaban J connectivity index is 1.68. The second-order valence-electron chi connectivity index (χ2n) is 5.76. The van der Waals surface area contributed by atoms with Gasteiger partial charge in [0.05, 0.1) is 35.3 Å². The zero-order chi connectivity index (χ0) is 16.9. The summed E-state index contributed by atoms with van der Waals surface area (Å²) in [4.78, 5) is 4.47. The third-order valence-corrected chi connectivity index (χ3v) is 4.05. The van der Waals surface area contributed by atoms with Crippen LogP contribution in [0.5, 0.6) is 0 Å². The van der Waals surface area contributed by atoms with Gasteiger partial charge in [-0.2, -0.15) is 5.10 Å². The summed E-state index contributed by atoms with van der Waals surface area (Å²) in [5.41, 5.74) is 8.25. The molecule has 0 atom stereocenters. The SMILES string of the molecule is c1ccc(N/N=C(/Cn2cnc3ccccc32)c2ccccc2)cc1. The molecule has 0 radical (unpaired) electrons. The van der Waals surface area contributed by atoms with Crippen molar-refractivity contribution >= 4 is 22.4 Å². The van der Waals surface area contributed by atoms with Crippen molar-refractivity contribution in [2.45, 2.75) is 6.54 Å². The van der Waals surface area contributed by atoms with E-state index >= 15 is 0 Å². The van der Waals surface area contributed by atoms with E-state index in [0.29, 0.717) is 6.54 Å². The van der Waals surface area contributed by atoms with Crippen molar-refractivity contribution in [1.82, 2.24) is 9.55 Å². The Bertz CT molecular complexity index is 988. The summed E-state index contributed by atoms with van der Waals surface area (Å²) in [7, 11) is 0. The number of nitrogens with zero attached hydrogens (tertiary/aromatic N) is 3. The lowest BCUT2D eigenvalue weighted by Crippen LogP contribution is -2.13. The minimum Gasteiger partial charge on any atom is -0.324 e. The fraction of sp³-hybridized carbons (Fsp3) is 0.0476. The monoisotopic (exact) mass is 326 g/mol. The Kier molecular flexibility index (Phi) is 4.25. The van der Waals surface area contributed by atoms with E-state index in [9.17, 15) is 0 Å². The first kappa shape index (κ1) is 15.1. The summed E-state index contributed by atoms with van der Waals surface area (Å²) in [6.45, 7) is 0.643. The van der Waals surface area contributed by atoms with Crippen LogP contribution >= 0.6 is 0 Å². The Labute approximate surface area is 146 Å². The molecule has 4 nitrogen and oxygen atoms in total. The molecule has 0 amide bonds. The van der Waals surface area contributed by atoms with Crippen LogP contribution in [0.25, 0.3) is 11.0 Å². The predicted molar refractivity (Wildman–Crippen MR) is 103 cm³/mol. The van der Waals surface area contributed by atoms with Crippen LogP contribution in [0, 0.1) is 0 Å². The number of rotatable bonds is 5. The van der Waals surface area contributed by atoms with Crippen LogP contribution in [0.1, 0.15) is 5.56 Å². The first-order chi connectivity index (χ1) is 12.4. The zero-order valence-electron chi connectivity index (χ0n) is 13.7. The van der Waals surface area contributed by atoms with Gasteiger partial charge >= 0.3 is 0 Å². The van der Waals surface area contributed by atoms with Crippen LogP contribution in [-0.4, -0.2) is 15.3 Å². The highest BCUT2D eigenvalue weighted by atomic mass is 15.3. The molecule has 1 heterocycles. The molecule has 0 spiro atoms. The molecule has 4 heteroatoms. The third kappa shape index (κ3) is 3.43. The molecule has 4 rings (SSSR count). The molecule has 1 aromatic heterocycles. The van der Waals surface area contributed by atoms with Crippen molar-refractivity contribution < 1.29 is 0 Å². The summed E-state index contributed by atoms with van der Waals surface area (Å²) < 4.78 is 2.12. The van der Waals surface area contributed by atoms with Crippen molar-refractivity contribution in [2.75, 3.05) is 5.43 Å². The number of imidazole rings is 1. The Morgan fingerprint density at radius 2 is 1.52 bits per heavy atom. The topological polar surface area (TPSA) is 42.2 Å². The Morgan fingerprint density at radius 1 is 0.840 bits per heavy atom. The van der Waals surface area contributed by atoms with Crippen LogP contribution in [0.3, 0.4) is 0 Å². The molecule has 25 heavy (non-hydrogen) atoms. The van der Waals surface area contributed by atoms with E-state index in [4.69, 9.17) is 0 Å². The van der Waals surface area contributed by atoms with E-state index in [-0.39, 0.29) is 0 Å². The van der Waals surface area contributed by atoms with Crippen molar-refractivity contribution in [2.24, 2.45) is 5.10 Å². The number of para-hydroxylation sites is 3. The number of anilines is 1. The van der Waals surface area contributed by atoms with Crippen LogP contribution in [0.15, 0.2) is 96.4 Å². The van der Waals surface area contributed by atoms with Gasteiger partial charge in [0.1, 0.15) is 0 Å². The van der Waals surface area contributed by atoms with Gasteiger partial charge in [-0.25, -0.2) is 4.98 Å². The molecular formula is C21H18N4. The smallest absolute Gasteiger partial charge is 0.0962 e. The number of hydrazone groups is 1. The van der Waals surface area contributed by atoms with E-state index in [1.54, 1.807) is 0 Å². The highest BCUT2D eigenvalue weighted by Crippen LogP contribution is 2.14. The number of hydrogen-bond acceptors (Lipinski definition) is 3. The molecule has 1 N–H and O–H groups in total. The van der Waals surface area contributed by atoms with Crippen LogP contribution < -0.4 is 5.43 Å². The number of benzene rings is 3. The summed E-state index contributed by atoms with van der Waals surface area (Å²) in [6.07, 6.45) is 1.87. The van der Waals surface area contributed by atoms with Crippen LogP contribution in [-0.2, 0) is 6.54 Å². The molecule has 0 bridgehead atoms. The largest absolute Gasteiger partial charge is 0.324 e. The summed E-state index contributed by atoms with van der Waals surface area (Å²) in [5.74, 6) is 0. The van der Waals surface area contributed by atoms with Gasteiger partial charge in [-0.3, -0.25) is 5.43 Å². The average molecular weight is 326 g/mol. The van der Waals surface area contributed by atoms with Gasteiger partial charge in [-0.15, -0.1) is 0 Å². The lowest BCUT2D eigenvalue weighted by atomic mass is 10.1. The van der Waals surface area contributed by atoms with E-state index in [1.165, 1.54) is 0 Å². The second kappa shape index (κ2) is 7.01. The van der Waals surface area contributed by atoms with E-state index in [1.807, 2.05) is 73.1 Å². The molecule has 0 unspecified atom stereocenters. The van der Waals surface area contributed by atoms with Crippen molar-refractivity contribution in [3.8, 4) is 0 Å². The van der Waals surface area contributed by atoms with Crippen LogP contribution in [0.2, 0.25) is 0 Å². The van der Waals surface area contributed by atoms with E-state index in [0.717, 1.165) is 28.0 Å². The van der Waals surface area contributed by atoms with Gasteiger partial charge in [-0.05, 0) is 29.8 Å². The van der Waals surface area contributed by atoms with Gasteiger partial charge in [0.2, 0.25) is 0 Å². The Hall–Kier alpha value is -3.40. The first-order valence-corrected chi connectivity index (χ1v) is 8.23. The first-order valence-electron chi connectivity index (χ1n) is 8.23. The summed E-state index contributed by atoms with van der Waals surface area (Å²) in [6, 6.07) is 28.3. The second-order valence-corrected chi connectivity index (χ2v) is 5.76. The standard InChI is InChI=1S/C21H18N4/c1-3-9-17(10-4-1)20(24-23-18-11-5-2-6-12-18)15-25-16-22-19-13-7-8-14-21(19)25/h1-14,16,23H,15H2/b24-20-. The summed E-state index contributed by atoms with van der Waals surface area (Å²) >= 11 is 0. The molecule has 0 saturated heterocycles. The number of aromatic nitrogens is 2. The van der Waals surface area contributed by atoms with Gasteiger partial charge in [-0.1, -0.05) is 60.7 Å². The van der Waals surface area contributed by atoms with Gasteiger partial charge < -0.3 is 4.57 Å². The highest BCUT2D eigenvalue weighted by molar-refractivity contribution is 6.01. The molecule has 0 aliphatic rings. The number of nitrogens with one attached hydrogen (secondary N) is 1. The quantitative estimate of drug-likeness (QED) is 0.432. The maximum absolute atomic E-state index is 4.66. The fourth-order valence-electron chi connectivity index (χ4n) is 2.76. The van der Waals surface area contributed by atoms with E-state index < -0.39 is 0 Å². The van der Waals surface area contributed by atoms with Gasteiger partial charge in [0.25, 0.3) is 0 Å². The predicted octanol–water partition coefficient (Wildman–Crippen LogP) is 4.55. The maximum Gasteiger partial charge on any atom is 0.0962 e. The molecule has 0 fully saturated rings. The van der Waals surface area contributed by atoms with Gasteiger partial charge in [0, 0.05) is 0 Å². The minimum absolute atomic E-state index is 0.643. The molecule has 0 aliphatic heterocycles. The maximum atomic E-state index is 4.66. The summed E-state index contributed by atoms with van der Waals surface area (Å²) in [5, 5.41) is 4.66. The molecule has 4 aromatic rings. The Morgan fingerprint density at radius 3 is 2.32 bits per heavy atom. The average Bonchev–Trinajstić information content (AvgIpc) is 3.09. The van der Waals surface area contributed by atoms with Crippen molar-refractivity contribution in [3.05, 3.63) is 96.8 Å².